The lowest BCUT2D eigenvalue weighted by molar-refractivity contribution is -0.148. The van der Waals surface area contributed by atoms with Crippen LogP contribution < -0.4 is 14.8 Å². The largest absolute Gasteiger partial charge is 0.493 e. The van der Waals surface area contributed by atoms with Gasteiger partial charge in [-0.25, -0.2) is 4.79 Å². The zero-order valence-electron chi connectivity index (χ0n) is 18.5. The predicted molar refractivity (Wildman–Crippen MR) is 131 cm³/mol. The number of nitrogens with one attached hydrogen (secondary N) is 1. The van der Waals surface area contributed by atoms with Gasteiger partial charge in [-0.15, -0.1) is 0 Å². The molecule has 0 aromatic heterocycles. The number of anilines is 1. The van der Waals surface area contributed by atoms with Crippen molar-refractivity contribution in [1.82, 2.24) is 4.90 Å². The average Bonchev–Trinajstić information content (AvgIpc) is 3.11. The van der Waals surface area contributed by atoms with Gasteiger partial charge in [0.2, 0.25) is 0 Å². The summed E-state index contributed by atoms with van der Waals surface area (Å²) in [5, 5.41) is 2.15. The summed E-state index contributed by atoms with van der Waals surface area (Å²) in [7, 11) is 2.63. The van der Waals surface area contributed by atoms with Crippen molar-refractivity contribution >= 4 is 62.5 Å². The van der Waals surface area contributed by atoms with Crippen LogP contribution in [0.25, 0.3) is 6.08 Å². The van der Waals surface area contributed by atoms with Crippen LogP contribution >= 0.6 is 27.7 Å². The van der Waals surface area contributed by atoms with Crippen molar-refractivity contribution in [3.63, 3.8) is 0 Å². The molecule has 1 atom stereocenters. The van der Waals surface area contributed by atoms with Gasteiger partial charge in [-0.1, -0.05) is 34.1 Å². The molecular formula is C23H21BrN2O7S. The van der Waals surface area contributed by atoms with Gasteiger partial charge in [-0.05, 0) is 54.6 Å². The van der Waals surface area contributed by atoms with E-state index in [-0.39, 0.29) is 17.4 Å². The van der Waals surface area contributed by atoms with E-state index in [9.17, 15) is 19.2 Å². The molecule has 3 amide bonds. The third-order valence-electron chi connectivity index (χ3n) is 4.74. The molecule has 0 radical (unpaired) electrons. The number of halogens is 1. The number of rotatable bonds is 8. The Balaban J connectivity index is 1.76. The molecule has 0 spiro atoms. The summed E-state index contributed by atoms with van der Waals surface area (Å²) in [5.41, 5.74) is 1.18. The number of methoxy groups -OCH3 is 2. The van der Waals surface area contributed by atoms with Crippen LogP contribution in [-0.2, 0) is 19.1 Å². The molecule has 0 saturated carbocycles. The highest BCUT2D eigenvalue weighted by atomic mass is 79.9. The number of carbonyl (C=O) groups is 4. The third-order valence-corrected chi connectivity index (χ3v) is 6.31. The summed E-state index contributed by atoms with van der Waals surface area (Å²) in [5.74, 6) is -1.01. The lowest BCUT2D eigenvalue weighted by Crippen LogP contribution is -2.42. The van der Waals surface area contributed by atoms with Gasteiger partial charge in [-0.2, -0.15) is 0 Å². The summed E-state index contributed by atoms with van der Waals surface area (Å²) in [6.45, 7) is 1.17. The van der Waals surface area contributed by atoms with Gasteiger partial charge < -0.3 is 19.5 Å². The van der Waals surface area contributed by atoms with Crippen molar-refractivity contribution in [2.45, 2.75) is 13.0 Å². The van der Waals surface area contributed by atoms with Gasteiger partial charge >= 0.3 is 5.97 Å². The van der Waals surface area contributed by atoms with E-state index in [2.05, 4.69) is 26.0 Å². The van der Waals surface area contributed by atoms with Crippen LogP contribution in [-0.4, -0.2) is 54.8 Å². The number of thioether (sulfide) groups is 1. The fraction of sp³-hybridized carbons (Fsp3) is 0.217. The fourth-order valence-electron chi connectivity index (χ4n) is 3.03. The van der Waals surface area contributed by atoms with E-state index in [1.807, 2.05) is 6.07 Å². The number of carbonyl (C=O) groups excluding carboxylic acids is 4. The van der Waals surface area contributed by atoms with E-state index < -0.39 is 23.2 Å². The first-order chi connectivity index (χ1) is 16.2. The van der Waals surface area contributed by atoms with E-state index in [1.165, 1.54) is 27.2 Å². The smallest absolute Gasteiger partial charge is 0.328 e. The third kappa shape index (κ3) is 5.78. The molecule has 11 heteroatoms. The molecule has 2 aromatic carbocycles. The van der Waals surface area contributed by atoms with Crippen LogP contribution in [0.3, 0.4) is 0 Å². The highest BCUT2D eigenvalue weighted by molar-refractivity contribution is 9.10. The Labute approximate surface area is 208 Å². The maximum atomic E-state index is 12.7. The number of benzene rings is 2. The lowest BCUT2D eigenvalue weighted by Gasteiger charge is -2.18. The number of amides is 3. The zero-order chi connectivity index (χ0) is 24.8. The van der Waals surface area contributed by atoms with Crippen molar-refractivity contribution in [2.24, 2.45) is 0 Å². The Kier molecular flexibility index (Phi) is 8.35. The van der Waals surface area contributed by atoms with Crippen molar-refractivity contribution in [2.75, 3.05) is 26.1 Å². The fourth-order valence-corrected chi connectivity index (χ4v) is 4.36. The number of hydrogen-bond acceptors (Lipinski definition) is 8. The van der Waals surface area contributed by atoms with Gasteiger partial charge in [0.15, 0.2) is 18.1 Å². The summed E-state index contributed by atoms with van der Waals surface area (Å²) in [6.07, 6.45) is 1.51. The SMILES string of the molecule is COC(=O)[C@@H](C)N1C(=O)S/C(=C/c2cc(OC)c(OCC(=O)Nc3ccccc3)cc2Br)C1=O. The van der Waals surface area contributed by atoms with Crippen LogP contribution in [0.4, 0.5) is 10.5 Å². The van der Waals surface area contributed by atoms with Crippen LogP contribution in [0.15, 0.2) is 51.8 Å². The molecule has 0 aliphatic carbocycles. The van der Waals surface area contributed by atoms with E-state index in [0.717, 1.165) is 16.7 Å². The Hall–Kier alpha value is -3.31. The van der Waals surface area contributed by atoms with Gasteiger partial charge in [0.25, 0.3) is 17.1 Å². The normalized spacial score (nSPS) is 15.3. The molecule has 0 unspecified atom stereocenters. The first kappa shape index (κ1) is 25.3. The number of imide groups is 1. The van der Waals surface area contributed by atoms with Crippen LogP contribution in [0.2, 0.25) is 0 Å². The van der Waals surface area contributed by atoms with Gasteiger partial charge in [0.05, 0.1) is 19.1 Å². The van der Waals surface area contributed by atoms with Crippen molar-refractivity contribution < 1.29 is 33.4 Å². The van der Waals surface area contributed by atoms with Gasteiger partial charge in [0.1, 0.15) is 6.04 Å². The van der Waals surface area contributed by atoms with E-state index in [1.54, 1.807) is 36.4 Å². The van der Waals surface area contributed by atoms with E-state index in [4.69, 9.17) is 9.47 Å². The molecule has 1 saturated heterocycles. The zero-order valence-corrected chi connectivity index (χ0v) is 20.9. The average molecular weight is 549 g/mol. The molecule has 1 aliphatic rings. The molecule has 0 bridgehead atoms. The molecule has 1 N–H and O–H groups in total. The molecule has 1 fully saturated rings. The highest BCUT2D eigenvalue weighted by Crippen LogP contribution is 2.38. The predicted octanol–water partition coefficient (Wildman–Crippen LogP) is 4.07. The summed E-state index contributed by atoms with van der Waals surface area (Å²) in [6, 6.07) is 11.1. The Morgan fingerprint density at radius 2 is 1.85 bits per heavy atom. The second kappa shape index (κ2) is 11.2. The number of ether oxygens (including phenoxy) is 3. The van der Waals surface area contributed by atoms with Gasteiger partial charge in [0, 0.05) is 10.2 Å². The second-order valence-electron chi connectivity index (χ2n) is 6.98. The minimum atomic E-state index is -1.04. The first-order valence-electron chi connectivity index (χ1n) is 9.95. The van der Waals surface area contributed by atoms with E-state index >= 15 is 0 Å². The van der Waals surface area contributed by atoms with E-state index in [0.29, 0.717) is 27.2 Å². The van der Waals surface area contributed by atoms with Crippen molar-refractivity contribution in [3.05, 3.63) is 57.4 Å². The summed E-state index contributed by atoms with van der Waals surface area (Å²) >= 11 is 4.14. The summed E-state index contributed by atoms with van der Waals surface area (Å²) in [4.78, 5) is 50.0. The van der Waals surface area contributed by atoms with Crippen molar-refractivity contribution in [3.8, 4) is 11.5 Å². The number of para-hydroxylation sites is 1. The standard InChI is InChI=1S/C23H21BrN2O7S/c1-13(22(29)32-3)26-21(28)19(34-23(26)30)10-14-9-17(31-2)18(11-16(14)24)33-12-20(27)25-15-7-5-4-6-8-15/h4-11,13H,12H2,1-3H3,(H,25,27)/b19-10+/t13-/m1/s1. The Morgan fingerprint density at radius 3 is 2.50 bits per heavy atom. The molecule has 1 heterocycles. The molecular weight excluding hydrogens is 528 g/mol. The molecule has 34 heavy (non-hydrogen) atoms. The highest BCUT2D eigenvalue weighted by Gasteiger charge is 2.41. The molecule has 9 nitrogen and oxygen atoms in total. The first-order valence-corrected chi connectivity index (χ1v) is 11.6. The molecule has 3 rings (SSSR count). The molecule has 2 aromatic rings. The van der Waals surface area contributed by atoms with Gasteiger partial charge in [-0.3, -0.25) is 19.3 Å². The molecule has 178 valence electrons. The lowest BCUT2D eigenvalue weighted by atomic mass is 10.1. The quantitative estimate of drug-likeness (QED) is 0.388. The number of esters is 1. The van der Waals surface area contributed by atoms with Crippen LogP contribution in [0.1, 0.15) is 12.5 Å². The Bertz CT molecular complexity index is 1150. The maximum Gasteiger partial charge on any atom is 0.328 e. The number of hydrogen-bond donors (Lipinski definition) is 1. The number of nitrogens with zero attached hydrogens (tertiary/aromatic N) is 1. The van der Waals surface area contributed by atoms with Crippen molar-refractivity contribution in [1.29, 1.82) is 0 Å². The second-order valence-corrected chi connectivity index (χ2v) is 8.83. The maximum absolute atomic E-state index is 12.7. The monoisotopic (exact) mass is 548 g/mol. The van der Waals surface area contributed by atoms with Crippen LogP contribution in [0, 0.1) is 0 Å². The topological polar surface area (TPSA) is 111 Å². The van der Waals surface area contributed by atoms with Crippen LogP contribution in [0.5, 0.6) is 11.5 Å². The minimum Gasteiger partial charge on any atom is -0.493 e. The minimum absolute atomic E-state index is 0.138. The molecule has 1 aliphatic heterocycles. The summed E-state index contributed by atoms with van der Waals surface area (Å²) < 4.78 is 16.2. The Morgan fingerprint density at radius 1 is 1.15 bits per heavy atom.